The Labute approximate surface area is 273 Å². The Morgan fingerprint density at radius 3 is 2.24 bits per heavy atom. The van der Waals surface area contributed by atoms with E-state index in [4.69, 9.17) is 4.74 Å². The number of alkyl carbamates (subject to hydrolysis) is 1. The second-order valence-electron chi connectivity index (χ2n) is 12.6. The number of carbonyl (C=O) groups excluding carboxylic acids is 3. The molecule has 244 valence electrons. The van der Waals surface area contributed by atoms with Crippen LogP contribution >= 0.6 is 11.8 Å². The van der Waals surface area contributed by atoms with Crippen LogP contribution in [-0.2, 0) is 14.3 Å². The Morgan fingerprint density at radius 1 is 0.889 bits per heavy atom. The Kier molecular flexibility index (Phi) is 14.2. The van der Waals surface area contributed by atoms with E-state index < -0.39 is 23.8 Å². The summed E-state index contributed by atoms with van der Waals surface area (Å²) in [7, 11) is 0. The summed E-state index contributed by atoms with van der Waals surface area (Å²) >= 11 is 1.60. The van der Waals surface area contributed by atoms with E-state index in [-0.39, 0.29) is 11.8 Å². The third-order valence-electron chi connectivity index (χ3n) is 7.70. The predicted octanol–water partition coefficient (Wildman–Crippen LogP) is 8.66. The van der Waals surface area contributed by atoms with Gasteiger partial charge in [0.25, 0.3) is 5.91 Å². The van der Waals surface area contributed by atoms with E-state index >= 15 is 0 Å². The monoisotopic (exact) mass is 633 g/mol. The van der Waals surface area contributed by atoms with Gasteiger partial charge in [0.05, 0.1) is 0 Å². The van der Waals surface area contributed by atoms with E-state index in [9.17, 15) is 14.4 Å². The first kappa shape index (κ1) is 36.0. The largest absolute Gasteiger partial charge is 0.444 e. The summed E-state index contributed by atoms with van der Waals surface area (Å²) in [5.74, 6) is 0.0835. The van der Waals surface area contributed by atoms with E-state index in [1.54, 1.807) is 37.4 Å². The van der Waals surface area contributed by atoms with Crippen LogP contribution in [0.25, 0.3) is 10.8 Å². The number of anilines is 1. The van der Waals surface area contributed by atoms with Crippen LogP contribution < -0.4 is 10.6 Å². The van der Waals surface area contributed by atoms with Crippen LogP contribution in [0.4, 0.5) is 10.5 Å². The summed E-state index contributed by atoms with van der Waals surface area (Å²) in [6, 6.07) is 19.8. The van der Waals surface area contributed by atoms with Gasteiger partial charge in [-0.3, -0.25) is 9.59 Å². The van der Waals surface area contributed by atoms with Gasteiger partial charge in [-0.25, -0.2) is 4.79 Å². The fourth-order valence-corrected chi connectivity index (χ4v) is 5.87. The maximum Gasteiger partial charge on any atom is 0.408 e. The first-order chi connectivity index (χ1) is 21.5. The number of hydrogen-bond donors (Lipinski definition) is 2. The molecule has 3 aromatic rings. The molecule has 0 saturated heterocycles. The van der Waals surface area contributed by atoms with Crippen molar-refractivity contribution in [2.45, 2.75) is 97.2 Å². The Bertz CT molecular complexity index is 1400. The van der Waals surface area contributed by atoms with Gasteiger partial charge in [-0.15, -0.1) is 0 Å². The van der Waals surface area contributed by atoms with Crippen LogP contribution in [0.3, 0.4) is 0 Å². The van der Waals surface area contributed by atoms with Gasteiger partial charge >= 0.3 is 6.09 Å². The number of aryl methyl sites for hydroxylation is 1. The molecular formula is C37H51N3O4S. The number of hydrogen-bond acceptors (Lipinski definition) is 5. The lowest BCUT2D eigenvalue weighted by atomic mass is 9.97. The smallest absolute Gasteiger partial charge is 0.408 e. The molecule has 0 bridgehead atoms. The molecule has 45 heavy (non-hydrogen) atoms. The lowest BCUT2D eigenvalue weighted by Crippen LogP contribution is -2.53. The first-order valence-corrected chi connectivity index (χ1v) is 17.6. The van der Waals surface area contributed by atoms with Gasteiger partial charge < -0.3 is 20.3 Å². The van der Waals surface area contributed by atoms with Gasteiger partial charge in [-0.1, -0.05) is 93.6 Å². The summed E-state index contributed by atoms with van der Waals surface area (Å²) < 4.78 is 5.53. The predicted molar refractivity (Wildman–Crippen MR) is 188 cm³/mol. The number of nitrogens with zero attached hydrogens (tertiary/aromatic N) is 1. The number of carbonyl (C=O) groups is 3. The van der Waals surface area contributed by atoms with Crippen LogP contribution in [0.5, 0.6) is 0 Å². The van der Waals surface area contributed by atoms with Crippen LogP contribution in [0.15, 0.2) is 66.7 Å². The molecule has 0 aliphatic carbocycles. The van der Waals surface area contributed by atoms with Gasteiger partial charge in [0, 0.05) is 12.2 Å². The normalized spacial score (nSPS) is 12.8. The van der Waals surface area contributed by atoms with Crippen molar-refractivity contribution in [1.82, 2.24) is 10.2 Å². The van der Waals surface area contributed by atoms with E-state index in [1.807, 2.05) is 79.9 Å². The van der Waals surface area contributed by atoms with E-state index in [0.29, 0.717) is 24.4 Å². The summed E-state index contributed by atoms with van der Waals surface area (Å²) in [6.45, 7) is 9.92. The molecule has 8 heteroatoms. The molecule has 7 nitrogen and oxygen atoms in total. The molecule has 2 unspecified atom stereocenters. The molecule has 0 heterocycles. The van der Waals surface area contributed by atoms with Gasteiger partial charge in [0.15, 0.2) is 0 Å². The fraction of sp³-hybridized carbons (Fsp3) is 0.486. The molecular weight excluding hydrogens is 582 g/mol. The molecule has 3 aromatic carbocycles. The highest BCUT2D eigenvalue weighted by molar-refractivity contribution is 7.98. The van der Waals surface area contributed by atoms with Crippen molar-refractivity contribution in [3.63, 3.8) is 0 Å². The molecule has 3 rings (SSSR count). The highest BCUT2D eigenvalue weighted by Crippen LogP contribution is 2.29. The molecule has 0 saturated carbocycles. The van der Waals surface area contributed by atoms with Crippen molar-refractivity contribution < 1.29 is 19.1 Å². The third-order valence-corrected chi connectivity index (χ3v) is 8.34. The van der Waals surface area contributed by atoms with Gasteiger partial charge in [0.2, 0.25) is 5.91 Å². The fourth-order valence-electron chi connectivity index (χ4n) is 5.39. The van der Waals surface area contributed by atoms with Crippen molar-refractivity contribution in [2.75, 3.05) is 23.9 Å². The van der Waals surface area contributed by atoms with Crippen molar-refractivity contribution in [3.05, 3.63) is 77.9 Å². The molecule has 0 fully saturated rings. The van der Waals surface area contributed by atoms with Crippen LogP contribution in [0, 0.1) is 6.92 Å². The van der Waals surface area contributed by atoms with E-state index in [2.05, 4.69) is 17.6 Å². The zero-order valence-electron chi connectivity index (χ0n) is 27.9. The number of unbranched alkanes of at least 4 members (excludes halogenated alkanes) is 5. The van der Waals surface area contributed by atoms with Crippen LogP contribution in [-0.4, -0.2) is 53.0 Å². The highest BCUT2D eigenvalue weighted by atomic mass is 32.2. The minimum Gasteiger partial charge on any atom is -0.444 e. The molecule has 2 atom stereocenters. The first-order valence-electron chi connectivity index (χ1n) is 16.2. The topological polar surface area (TPSA) is 87.7 Å². The lowest BCUT2D eigenvalue weighted by molar-refractivity contribution is -0.141. The zero-order valence-corrected chi connectivity index (χ0v) is 28.7. The summed E-state index contributed by atoms with van der Waals surface area (Å²) in [5.41, 5.74) is 1.63. The summed E-state index contributed by atoms with van der Waals surface area (Å²) in [4.78, 5) is 43.5. The van der Waals surface area contributed by atoms with Crippen molar-refractivity contribution in [3.8, 4) is 0 Å². The average molecular weight is 634 g/mol. The minimum atomic E-state index is -0.891. The maximum atomic E-state index is 14.5. The second-order valence-corrected chi connectivity index (χ2v) is 13.6. The minimum absolute atomic E-state index is 0.287. The van der Waals surface area contributed by atoms with E-state index in [1.165, 1.54) is 6.42 Å². The molecule has 0 aliphatic heterocycles. The average Bonchev–Trinajstić information content (AvgIpc) is 2.99. The molecule has 0 aliphatic rings. The molecule has 0 spiro atoms. The summed E-state index contributed by atoms with van der Waals surface area (Å²) in [5, 5.41) is 8.05. The van der Waals surface area contributed by atoms with Crippen molar-refractivity contribution in [2.24, 2.45) is 0 Å². The molecule has 3 amide bonds. The standard InChI is InChI=1S/C37H51N3O4S/c1-7-8-9-10-11-16-24-40(35(42)32(23-25-45-6)39-36(43)44-37(3,4)5)33(31-20-15-12-17-27(31)2)34(41)38-30-22-21-28-18-13-14-19-29(28)26-30/h12-15,17-22,26,32-33H,7-11,16,23-25H2,1-6H3,(H,38,41)(H,39,43). The maximum absolute atomic E-state index is 14.5. The number of nitrogens with one attached hydrogen (secondary N) is 2. The number of fused-ring (bicyclic) bond motifs is 1. The zero-order chi connectivity index (χ0) is 32.8. The van der Waals surface area contributed by atoms with E-state index in [0.717, 1.165) is 54.0 Å². The third kappa shape index (κ3) is 11.4. The molecule has 0 radical (unpaired) electrons. The number of amides is 3. The van der Waals surface area contributed by atoms with Gasteiger partial charge in [-0.05, 0) is 86.6 Å². The lowest BCUT2D eigenvalue weighted by Gasteiger charge is -2.35. The van der Waals surface area contributed by atoms with Crippen molar-refractivity contribution in [1.29, 1.82) is 0 Å². The SMILES string of the molecule is CCCCCCCCN(C(=O)C(CCSC)NC(=O)OC(C)(C)C)C(C(=O)Nc1ccc2ccccc2c1)c1ccccc1C. The Balaban J connectivity index is 2.01. The van der Waals surface area contributed by atoms with Gasteiger partial charge in [-0.2, -0.15) is 11.8 Å². The quantitative estimate of drug-likeness (QED) is 0.154. The highest BCUT2D eigenvalue weighted by Gasteiger charge is 2.36. The molecule has 2 N–H and O–H groups in total. The van der Waals surface area contributed by atoms with Gasteiger partial charge in [0.1, 0.15) is 17.7 Å². The second kappa shape index (κ2) is 17.8. The van der Waals surface area contributed by atoms with Crippen LogP contribution in [0.2, 0.25) is 0 Å². The molecule has 0 aromatic heterocycles. The number of ether oxygens (including phenoxy) is 1. The Hall–Kier alpha value is -3.52. The Morgan fingerprint density at radius 2 is 1.56 bits per heavy atom. The number of rotatable bonds is 16. The number of thioether (sulfide) groups is 1. The number of benzene rings is 3. The summed E-state index contributed by atoms with van der Waals surface area (Å²) in [6.07, 6.45) is 7.99. The van der Waals surface area contributed by atoms with Crippen molar-refractivity contribution >= 4 is 46.1 Å². The van der Waals surface area contributed by atoms with Crippen LogP contribution in [0.1, 0.15) is 89.8 Å².